The number of rotatable bonds is 5. The van der Waals surface area contributed by atoms with Gasteiger partial charge in [0, 0.05) is 5.56 Å². The van der Waals surface area contributed by atoms with Crippen LogP contribution in [-0.2, 0) is 4.74 Å². The van der Waals surface area contributed by atoms with E-state index in [1.165, 1.54) is 19.3 Å². The summed E-state index contributed by atoms with van der Waals surface area (Å²) in [6.45, 7) is 7.07. The van der Waals surface area contributed by atoms with Gasteiger partial charge < -0.3 is 14.2 Å². The Labute approximate surface area is 170 Å². The first-order valence-electron chi connectivity index (χ1n) is 8.95. The molecule has 29 heavy (non-hydrogen) atoms. The van der Waals surface area contributed by atoms with Crippen LogP contribution in [0.25, 0.3) is 6.08 Å². The van der Waals surface area contributed by atoms with Crippen molar-refractivity contribution in [2.75, 3.05) is 7.11 Å². The van der Waals surface area contributed by atoms with Crippen molar-refractivity contribution in [3.05, 3.63) is 64.7 Å². The Morgan fingerprint density at radius 1 is 1.07 bits per heavy atom. The van der Waals surface area contributed by atoms with Gasteiger partial charge in [-0.3, -0.25) is 4.79 Å². The summed E-state index contributed by atoms with van der Waals surface area (Å²) < 4.78 is 15.6. The number of benzene rings is 2. The molecule has 0 bridgehead atoms. The summed E-state index contributed by atoms with van der Waals surface area (Å²) in [7, 11) is 1.42. The predicted octanol–water partition coefficient (Wildman–Crippen LogP) is 5.11. The normalized spacial score (nSPS) is 11.4. The maximum Gasteiger partial charge on any atom is 0.514 e. The maximum absolute atomic E-state index is 12.6. The van der Waals surface area contributed by atoms with E-state index in [4.69, 9.17) is 14.2 Å². The van der Waals surface area contributed by atoms with Crippen molar-refractivity contribution in [2.45, 2.75) is 33.3 Å². The second-order valence-electron chi connectivity index (χ2n) is 7.35. The number of carbonyl (C=O) groups excluding carboxylic acids is 2. The molecule has 0 spiro atoms. The van der Waals surface area contributed by atoms with E-state index in [1.807, 2.05) is 19.1 Å². The number of nitrogens with zero attached hydrogens (tertiary/aromatic N) is 1. The lowest BCUT2D eigenvalue weighted by Crippen LogP contribution is -2.26. The van der Waals surface area contributed by atoms with Gasteiger partial charge in [-0.05, 0) is 57.5 Å². The number of hydrogen-bond donors (Lipinski definition) is 0. The second kappa shape index (κ2) is 9.07. The Morgan fingerprint density at radius 3 is 2.38 bits per heavy atom. The summed E-state index contributed by atoms with van der Waals surface area (Å²) in [5.41, 5.74) is 1.22. The molecule has 6 nitrogen and oxygen atoms in total. The number of nitriles is 1. The van der Waals surface area contributed by atoms with Crippen molar-refractivity contribution in [3.63, 3.8) is 0 Å². The SMILES string of the molecule is COc1cc(/C=C(\C#N)C(=O)c2cccc(C)c2)ccc1OC(=O)OC(C)(C)C. The summed E-state index contributed by atoms with van der Waals surface area (Å²) in [6.07, 6.45) is 0.608. The number of carbonyl (C=O) groups is 2. The fraction of sp³-hybridized carbons (Fsp3) is 0.261. The maximum atomic E-state index is 12.6. The van der Waals surface area contributed by atoms with Gasteiger partial charge in [0.25, 0.3) is 0 Å². The smallest absolute Gasteiger partial charge is 0.493 e. The largest absolute Gasteiger partial charge is 0.514 e. The number of allylic oxidation sites excluding steroid dienone is 1. The zero-order chi connectivity index (χ0) is 21.6. The lowest BCUT2D eigenvalue weighted by atomic mass is 10.0. The van der Waals surface area contributed by atoms with Crippen LogP contribution in [0, 0.1) is 18.3 Å². The van der Waals surface area contributed by atoms with Gasteiger partial charge in [-0.1, -0.05) is 29.8 Å². The van der Waals surface area contributed by atoms with Crippen molar-refractivity contribution in [1.82, 2.24) is 0 Å². The number of methoxy groups -OCH3 is 1. The van der Waals surface area contributed by atoms with E-state index in [-0.39, 0.29) is 22.9 Å². The van der Waals surface area contributed by atoms with Gasteiger partial charge in [-0.25, -0.2) is 4.79 Å². The molecule has 0 heterocycles. The number of aryl methyl sites for hydroxylation is 1. The van der Waals surface area contributed by atoms with E-state index < -0.39 is 11.8 Å². The minimum Gasteiger partial charge on any atom is -0.493 e. The first-order chi connectivity index (χ1) is 13.6. The number of hydrogen-bond acceptors (Lipinski definition) is 6. The standard InChI is InChI=1S/C23H23NO5/c1-15-7-6-8-17(11-15)21(25)18(14-24)12-16-9-10-19(20(13-16)27-5)28-22(26)29-23(2,3)4/h6-13H,1-5H3/b18-12+. The van der Waals surface area contributed by atoms with Gasteiger partial charge in [0.05, 0.1) is 7.11 Å². The van der Waals surface area contributed by atoms with E-state index in [2.05, 4.69) is 0 Å². The Balaban J connectivity index is 2.29. The lowest BCUT2D eigenvalue weighted by molar-refractivity contribution is 0.0201. The molecule has 0 amide bonds. The monoisotopic (exact) mass is 393 g/mol. The van der Waals surface area contributed by atoms with Crippen LogP contribution in [0.2, 0.25) is 0 Å². The quantitative estimate of drug-likeness (QED) is 0.231. The first-order valence-corrected chi connectivity index (χ1v) is 8.95. The third-order valence-electron chi connectivity index (χ3n) is 3.73. The molecule has 0 N–H and O–H groups in total. The molecule has 0 saturated carbocycles. The van der Waals surface area contributed by atoms with Gasteiger partial charge >= 0.3 is 6.16 Å². The van der Waals surface area contributed by atoms with E-state index >= 15 is 0 Å². The van der Waals surface area contributed by atoms with Crippen LogP contribution in [0.15, 0.2) is 48.0 Å². The number of ether oxygens (including phenoxy) is 3. The van der Waals surface area contributed by atoms with E-state index in [1.54, 1.807) is 51.1 Å². The second-order valence-corrected chi connectivity index (χ2v) is 7.35. The van der Waals surface area contributed by atoms with Crippen LogP contribution in [0.4, 0.5) is 4.79 Å². The molecule has 0 aromatic heterocycles. The predicted molar refractivity (Wildman–Crippen MR) is 109 cm³/mol. The minimum absolute atomic E-state index is 0.0153. The van der Waals surface area contributed by atoms with Crippen LogP contribution in [0.3, 0.4) is 0 Å². The molecule has 0 aliphatic carbocycles. The van der Waals surface area contributed by atoms with E-state index in [0.29, 0.717) is 11.1 Å². The molecular weight excluding hydrogens is 370 g/mol. The van der Waals surface area contributed by atoms with Crippen LogP contribution in [0.5, 0.6) is 11.5 Å². The van der Waals surface area contributed by atoms with E-state index in [0.717, 1.165) is 5.56 Å². The topological polar surface area (TPSA) is 85.6 Å². The van der Waals surface area contributed by atoms with E-state index in [9.17, 15) is 14.9 Å². The lowest BCUT2D eigenvalue weighted by Gasteiger charge is -2.19. The van der Waals surface area contributed by atoms with Crippen LogP contribution < -0.4 is 9.47 Å². The fourth-order valence-electron chi connectivity index (χ4n) is 2.48. The summed E-state index contributed by atoms with van der Waals surface area (Å²) in [5, 5.41) is 9.44. The number of Topliss-reactive ketones (excluding diaryl/α,β-unsaturated/α-hetero) is 1. The Hall–Kier alpha value is -3.59. The first kappa shape index (κ1) is 21.7. The van der Waals surface area contributed by atoms with Gasteiger partial charge in [0.15, 0.2) is 11.5 Å². The average Bonchev–Trinajstić information content (AvgIpc) is 2.65. The Bertz CT molecular complexity index is 993. The molecule has 6 heteroatoms. The highest BCUT2D eigenvalue weighted by Crippen LogP contribution is 2.30. The molecule has 2 aromatic carbocycles. The third kappa shape index (κ3) is 6.22. The van der Waals surface area contributed by atoms with Crippen LogP contribution in [0.1, 0.15) is 42.3 Å². The van der Waals surface area contributed by atoms with Gasteiger partial charge in [0.1, 0.15) is 17.2 Å². The molecule has 150 valence electrons. The van der Waals surface area contributed by atoms with Crippen molar-refractivity contribution in [3.8, 4) is 17.6 Å². The van der Waals surface area contributed by atoms with Crippen LogP contribution in [-0.4, -0.2) is 24.6 Å². The molecule has 2 rings (SSSR count). The Morgan fingerprint density at radius 2 is 1.79 bits per heavy atom. The van der Waals surface area contributed by atoms with Crippen molar-refractivity contribution in [1.29, 1.82) is 5.26 Å². The average molecular weight is 393 g/mol. The molecule has 0 aliphatic rings. The van der Waals surface area contributed by atoms with Crippen molar-refractivity contribution >= 4 is 18.0 Å². The Kier molecular flexibility index (Phi) is 6.79. The zero-order valence-electron chi connectivity index (χ0n) is 17.1. The highest BCUT2D eigenvalue weighted by atomic mass is 16.7. The fourth-order valence-corrected chi connectivity index (χ4v) is 2.48. The molecule has 0 fully saturated rings. The molecule has 2 aromatic rings. The molecular formula is C23H23NO5. The molecule has 0 radical (unpaired) electrons. The minimum atomic E-state index is -0.855. The highest BCUT2D eigenvalue weighted by molar-refractivity contribution is 6.14. The molecule has 0 atom stereocenters. The molecule has 0 saturated heterocycles. The summed E-state index contributed by atoms with van der Waals surface area (Å²) >= 11 is 0. The zero-order valence-corrected chi connectivity index (χ0v) is 17.1. The number of ketones is 1. The summed E-state index contributed by atoms with van der Waals surface area (Å²) in [5.74, 6) is 0.0663. The van der Waals surface area contributed by atoms with Crippen molar-refractivity contribution in [2.24, 2.45) is 0 Å². The highest BCUT2D eigenvalue weighted by Gasteiger charge is 2.20. The molecule has 0 aliphatic heterocycles. The summed E-state index contributed by atoms with van der Waals surface area (Å²) in [4.78, 5) is 24.5. The molecule has 0 unspecified atom stereocenters. The third-order valence-corrected chi connectivity index (χ3v) is 3.73. The van der Waals surface area contributed by atoms with Crippen LogP contribution >= 0.6 is 0 Å². The van der Waals surface area contributed by atoms with Gasteiger partial charge in [-0.15, -0.1) is 0 Å². The summed E-state index contributed by atoms with van der Waals surface area (Å²) in [6, 6.07) is 13.7. The van der Waals surface area contributed by atoms with Gasteiger partial charge in [0.2, 0.25) is 5.78 Å². The van der Waals surface area contributed by atoms with Crippen molar-refractivity contribution < 1.29 is 23.8 Å². The van der Waals surface area contributed by atoms with Gasteiger partial charge in [-0.2, -0.15) is 5.26 Å².